The second kappa shape index (κ2) is 6.11. The molecule has 2 aliphatic carbocycles. The third-order valence-corrected chi connectivity index (χ3v) is 5.77. The van der Waals surface area contributed by atoms with E-state index in [1.807, 2.05) is 13.8 Å². The van der Waals surface area contributed by atoms with E-state index in [-0.39, 0.29) is 34.1 Å². The van der Waals surface area contributed by atoms with E-state index in [0.717, 1.165) is 19.3 Å². The zero-order valence-corrected chi connectivity index (χ0v) is 15.6. The summed E-state index contributed by atoms with van der Waals surface area (Å²) >= 11 is 0. The van der Waals surface area contributed by atoms with Crippen molar-refractivity contribution in [3.05, 3.63) is 33.2 Å². The molecule has 1 aromatic heterocycles. The van der Waals surface area contributed by atoms with Gasteiger partial charge in [-0.3, -0.25) is 14.4 Å². The number of rotatable bonds is 2. The minimum absolute atomic E-state index is 0.00505. The fraction of sp³-hybridized carbons (Fsp3) is 0.650. The Kier molecular flexibility index (Phi) is 4.38. The fourth-order valence-corrected chi connectivity index (χ4v) is 4.19. The molecule has 1 saturated carbocycles. The van der Waals surface area contributed by atoms with Gasteiger partial charge < -0.3 is 10.3 Å². The third kappa shape index (κ3) is 3.55. The molecule has 1 amide bonds. The molecular formula is C20H28N2O3. The Labute approximate surface area is 148 Å². The van der Waals surface area contributed by atoms with Crippen molar-refractivity contribution in [1.82, 2.24) is 10.3 Å². The predicted octanol–water partition coefficient (Wildman–Crippen LogP) is 3.23. The first kappa shape index (κ1) is 17.9. The smallest absolute Gasteiger partial charge is 0.261 e. The molecule has 2 N–H and O–H groups in total. The van der Waals surface area contributed by atoms with Crippen LogP contribution in [0.4, 0.5) is 0 Å². The number of carbonyl (C=O) groups excluding carboxylic acids is 2. The molecule has 25 heavy (non-hydrogen) atoms. The number of hydrogen-bond acceptors (Lipinski definition) is 3. The first-order chi connectivity index (χ1) is 11.6. The van der Waals surface area contributed by atoms with Crippen LogP contribution in [0.2, 0.25) is 0 Å². The van der Waals surface area contributed by atoms with Crippen molar-refractivity contribution < 1.29 is 9.59 Å². The molecule has 1 heterocycles. The van der Waals surface area contributed by atoms with Gasteiger partial charge in [-0.2, -0.15) is 0 Å². The monoisotopic (exact) mass is 344 g/mol. The molecule has 1 aromatic rings. The van der Waals surface area contributed by atoms with Gasteiger partial charge in [0.2, 0.25) is 0 Å². The molecule has 5 heteroatoms. The summed E-state index contributed by atoms with van der Waals surface area (Å²) in [6.45, 7) is 8.33. The maximum atomic E-state index is 12.7. The Hall–Kier alpha value is -1.91. The number of H-pyrrole nitrogens is 1. The van der Waals surface area contributed by atoms with Gasteiger partial charge in [0.15, 0.2) is 5.78 Å². The summed E-state index contributed by atoms with van der Waals surface area (Å²) < 4.78 is 0. The van der Waals surface area contributed by atoms with Crippen molar-refractivity contribution in [2.24, 2.45) is 10.8 Å². The maximum Gasteiger partial charge on any atom is 0.261 e. The van der Waals surface area contributed by atoms with Gasteiger partial charge in [-0.25, -0.2) is 0 Å². The Bertz CT molecular complexity index is 774. The van der Waals surface area contributed by atoms with Crippen LogP contribution >= 0.6 is 0 Å². The highest BCUT2D eigenvalue weighted by molar-refractivity contribution is 6.02. The van der Waals surface area contributed by atoms with Gasteiger partial charge in [0.1, 0.15) is 5.56 Å². The zero-order valence-electron chi connectivity index (χ0n) is 15.6. The van der Waals surface area contributed by atoms with Gasteiger partial charge in [0, 0.05) is 23.7 Å². The lowest BCUT2D eigenvalue weighted by molar-refractivity contribution is 0.0852. The number of carbonyl (C=O) groups is 2. The van der Waals surface area contributed by atoms with Gasteiger partial charge in [-0.1, -0.05) is 40.5 Å². The highest BCUT2D eigenvalue weighted by Gasteiger charge is 2.35. The van der Waals surface area contributed by atoms with Crippen molar-refractivity contribution in [1.29, 1.82) is 0 Å². The normalized spacial score (nSPS) is 24.5. The van der Waals surface area contributed by atoms with Crippen LogP contribution in [0, 0.1) is 10.8 Å². The highest BCUT2D eigenvalue weighted by atomic mass is 16.2. The lowest BCUT2D eigenvalue weighted by Crippen LogP contribution is -2.48. The van der Waals surface area contributed by atoms with E-state index >= 15 is 0 Å². The Morgan fingerprint density at radius 2 is 1.88 bits per heavy atom. The minimum Gasteiger partial charge on any atom is -0.349 e. The summed E-state index contributed by atoms with van der Waals surface area (Å²) in [7, 11) is 0. The standard InChI is InChI=1S/C20H28N2O3/c1-19(2)10-14-12(15(23)11-19)9-13(17(24)21-14)18(25)22-16-7-5-6-8-20(16,3)4/h9,16H,5-8,10-11H2,1-4H3,(H,21,24)(H,22,25). The number of nitrogens with one attached hydrogen (secondary N) is 2. The topological polar surface area (TPSA) is 79.0 Å². The molecular weight excluding hydrogens is 316 g/mol. The molecule has 136 valence electrons. The Morgan fingerprint density at radius 3 is 2.56 bits per heavy atom. The number of hydrogen-bond donors (Lipinski definition) is 2. The number of amides is 1. The second-order valence-corrected chi connectivity index (χ2v) is 9.11. The number of pyridine rings is 1. The van der Waals surface area contributed by atoms with Gasteiger partial charge in [-0.05, 0) is 36.2 Å². The molecule has 0 aromatic carbocycles. The molecule has 1 atom stereocenters. The summed E-state index contributed by atoms with van der Waals surface area (Å²) in [5, 5.41) is 3.03. The second-order valence-electron chi connectivity index (χ2n) is 9.11. The Morgan fingerprint density at radius 1 is 1.16 bits per heavy atom. The van der Waals surface area contributed by atoms with Crippen LogP contribution in [0.1, 0.15) is 86.2 Å². The fourth-order valence-electron chi connectivity index (χ4n) is 4.19. The first-order valence-electron chi connectivity index (χ1n) is 9.19. The molecule has 0 aliphatic heterocycles. The van der Waals surface area contributed by atoms with Crippen LogP contribution in [0.5, 0.6) is 0 Å². The van der Waals surface area contributed by atoms with Crippen molar-refractivity contribution in [2.75, 3.05) is 0 Å². The zero-order chi connectivity index (χ0) is 18.4. The molecule has 1 fully saturated rings. The number of aromatic amines is 1. The lowest BCUT2D eigenvalue weighted by Gasteiger charge is -2.39. The first-order valence-corrected chi connectivity index (χ1v) is 9.19. The van der Waals surface area contributed by atoms with Gasteiger partial charge in [0.25, 0.3) is 11.5 Å². The van der Waals surface area contributed by atoms with Crippen LogP contribution in [-0.4, -0.2) is 22.7 Å². The van der Waals surface area contributed by atoms with Gasteiger partial charge in [0.05, 0.1) is 0 Å². The van der Waals surface area contributed by atoms with Crippen LogP contribution in [0.15, 0.2) is 10.9 Å². The van der Waals surface area contributed by atoms with Crippen LogP contribution in [0.25, 0.3) is 0 Å². The Balaban J connectivity index is 1.88. The largest absolute Gasteiger partial charge is 0.349 e. The average Bonchev–Trinajstić information content (AvgIpc) is 2.47. The summed E-state index contributed by atoms with van der Waals surface area (Å²) in [5.41, 5.74) is 0.647. The van der Waals surface area contributed by atoms with E-state index in [2.05, 4.69) is 24.1 Å². The number of Topliss-reactive ketones (excluding diaryl/α,β-unsaturated/α-hetero) is 1. The summed E-state index contributed by atoms with van der Waals surface area (Å²) in [6, 6.07) is 1.55. The minimum atomic E-state index is -0.407. The maximum absolute atomic E-state index is 12.7. The summed E-state index contributed by atoms with van der Waals surface area (Å²) in [5.74, 6) is -0.379. The predicted molar refractivity (Wildman–Crippen MR) is 97.0 cm³/mol. The molecule has 0 saturated heterocycles. The summed E-state index contributed by atoms with van der Waals surface area (Å²) in [6.07, 6.45) is 5.32. The molecule has 2 aliphatic rings. The van der Waals surface area contributed by atoms with Gasteiger partial charge in [-0.15, -0.1) is 0 Å². The average molecular weight is 344 g/mol. The molecule has 0 radical (unpaired) electrons. The molecule has 1 unspecified atom stereocenters. The summed E-state index contributed by atoms with van der Waals surface area (Å²) in [4.78, 5) is 40.3. The van der Waals surface area contributed by atoms with E-state index in [9.17, 15) is 14.4 Å². The van der Waals surface area contributed by atoms with E-state index in [4.69, 9.17) is 0 Å². The van der Waals surface area contributed by atoms with Crippen molar-refractivity contribution in [2.45, 2.75) is 72.3 Å². The third-order valence-electron chi connectivity index (χ3n) is 5.77. The molecule has 0 bridgehead atoms. The SMILES string of the molecule is CC1(C)CC(=O)c2cc(C(=O)NC3CCCCC3(C)C)c(=O)[nH]c2C1. The van der Waals surface area contributed by atoms with E-state index in [1.54, 1.807) is 0 Å². The van der Waals surface area contributed by atoms with Crippen LogP contribution in [0.3, 0.4) is 0 Å². The number of fused-ring (bicyclic) bond motifs is 1. The van der Waals surface area contributed by atoms with Crippen molar-refractivity contribution in [3.63, 3.8) is 0 Å². The van der Waals surface area contributed by atoms with Crippen molar-refractivity contribution in [3.8, 4) is 0 Å². The molecule has 0 spiro atoms. The van der Waals surface area contributed by atoms with Gasteiger partial charge >= 0.3 is 0 Å². The van der Waals surface area contributed by atoms with Crippen LogP contribution < -0.4 is 10.9 Å². The lowest BCUT2D eigenvalue weighted by atomic mass is 9.73. The molecule has 5 nitrogen and oxygen atoms in total. The quantitative estimate of drug-likeness (QED) is 0.864. The van der Waals surface area contributed by atoms with E-state index < -0.39 is 5.56 Å². The molecule has 3 rings (SSSR count). The van der Waals surface area contributed by atoms with E-state index in [0.29, 0.717) is 24.1 Å². The number of ketones is 1. The van der Waals surface area contributed by atoms with E-state index in [1.165, 1.54) is 12.5 Å². The number of aromatic nitrogens is 1. The van der Waals surface area contributed by atoms with Crippen LogP contribution in [-0.2, 0) is 6.42 Å². The van der Waals surface area contributed by atoms with Crippen molar-refractivity contribution >= 4 is 11.7 Å². The highest BCUT2D eigenvalue weighted by Crippen LogP contribution is 2.36.